The molecule has 0 spiro atoms. The minimum absolute atomic E-state index is 0.0981. The first-order chi connectivity index (χ1) is 8.59. The van der Waals surface area contributed by atoms with Gasteiger partial charge in [0.05, 0.1) is 11.9 Å². The van der Waals surface area contributed by atoms with Crippen LogP contribution in [0.15, 0.2) is 12.2 Å². The molecule has 2 unspecified atom stereocenters. The van der Waals surface area contributed by atoms with Crippen molar-refractivity contribution in [3.63, 3.8) is 0 Å². The minimum Gasteiger partial charge on any atom is -0.545 e. The molecule has 0 N–H and O–H groups in total. The Bertz CT molecular complexity index is 400. The number of rotatable bonds is 4. The molecule has 0 heterocycles. The van der Waals surface area contributed by atoms with E-state index in [1.165, 1.54) is 13.8 Å². The minimum atomic E-state index is -4.44. The second-order valence-corrected chi connectivity index (χ2v) is 4.82. The highest BCUT2D eigenvalue weighted by molar-refractivity contribution is 5.90. The number of carboxylic acids is 1. The summed E-state index contributed by atoms with van der Waals surface area (Å²) in [4.78, 5) is 21.5. The summed E-state index contributed by atoms with van der Waals surface area (Å²) in [6.07, 6.45) is -3.44. The third kappa shape index (κ3) is 3.27. The maximum absolute atomic E-state index is 12.8. The summed E-state index contributed by atoms with van der Waals surface area (Å²) < 4.78 is 43.3. The van der Waals surface area contributed by atoms with E-state index < -0.39 is 35.6 Å². The molecule has 1 rings (SSSR count). The number of ether oxygens (including phenoxy) is 1. The molecule has 4 nitrogen and oxygen atoms in total. The second-order valence-electron chi connectivity index (χ2n) is 4.82. The van der Waals surface area contributed by atoms with Crippen LogP contribution in [0, 0.1) is 11.8 Å². The van der Waals surface area contributed by atoms with Gasteiger partial charge in [-0.2, -0.15) is 13.2 Å². The van der Waals surface area contributed by atoms with E-state index >= 15 is 0 Å². The molecule has 2 atom stereocenters. The van der Waals surface area contributed by atoms with Crippen LogP contribution in [-0.2, 0) is 14.3 Å². The highest BCUT2D eigenvalue weighted by atomic mass is 19.4. The Morgan fingerprint density at radius 1 is 1.37 bits per heavy atom. The van der Waals surface area contributed by atoms with Crippen molar-refractivity contribution in [2.75, 3.05) is 0 Å². The van der Waals surface area contributed by atoms with E-state index in [9.17, 15) is 27.9 Å². The molecule has 1 fully saturated rings. The average molecular weight is 279 g/mol. The van der Waals surface area contributed by atoms with Crippen LogP contribution >= 0.6 is 0 Å². The quantitative estimate of drug-likeness (QED) is 0.573. The van der Waals surface area contributed by atoms with Crippen molar-refractivity contribution in [3.05, 3.63) is 12.2 Å². The highest BCUT2D eigenvalue weighted by Gasteiger charge is 2.63. The third-order valence-electron chi connectivity index (χ3n) is 3.43. The van der Waals surface area contributed by atoms with Crippen LogP contribution in [0.25, 0.3) is 0 Å². The van der Waals surface area contributed by atoms with E-state index in [1.54, 1.807) is 0 Å². The summed E-state index contributed by atoms with van der Waals surface area (Å²) in [6.45, 7) is 3.07. The fourth-order valence-corrected chi connectivity index (χ4v) is 2.30. The summed E-state index contributed by atoms with van der Waals surface area (Å²) in [6, 6.07) is 0. The van der Waals surface area contributed by atoms with Crippen LogP contribution < -0.4 is 5.11 Å². The van der Waals surface area contributed by atoms with Gasteiger partial charge >= 0.3 is 12.1 Å². The Hall–Kier alpha value is -1.53. The zero-order valence-electron chi connectivity index (χ0n) is 10.5. The zero-order chi connectivity index (χ0) is 14.8. The Morgan fingerprint density at radius 3 is 2.26 bits per heavy atom. The predicted molar refractivity (Wildman–Crippen MR) is 56.6 cm³/mol. The molecule has 19 heavy (non-hydrogen) atoms. The highest BCUT2D eigenvalue weighted by Crippen LogP contribution is 2.54. The van der Waals surface area contributed by atoms with Gasteiger partial charge in [0.1, 0.15) is 5.60 Å². The van der Waals surface area contributed by atoms with Gasteiger partial charge in [-0.15, -0.1) is 0 Å². The van der Waals surface area contributed by atoms with Gasteiger partial charge in [0.25, 0.3) is 0 Å². The van der Waals surface area contributed by atoms with E-state index in [0.717, 1.165) is 0 Å². The number of esters is 1. The summed E-state index contributed by atoms with van der Waals surface area (Å²) in [5, 5.41) is 10.1. The van der Waals surface area contributed by atoms with Crippen LogP contribution in [0.3, 0.4) is 0 Å². The zero-order valence-corrected chi connectivity index (χ0v) is 10.5. The van der Waals surface area contributed by atoms with Gasteiger partial charge in [-0.05, 0) is 24.8 Å². The first kappa shape index (κ1) is 15.5. The molecule has 0 aromatic rings. The van der Waals surface area contributed by atoms with Gasteiger partial charge in [0, 0.05) is 6.08 Å². The van der Waals surface area contributed by atoms with Crippen LogP contribution in [-0.4, -0.2) is 23.7 Å². The predicted octanol–water partition coefficient (Wildman–Crippen LogP) is 1.20. The molecule has 1 aliphatic carbocycles. The maximum Gasteiger partial charge on any atom is 0.395 e. The molecular weight excluding hydrogens is 265 g/mol. The molecule has 1 saturated carbocycles. The van der Waals surface area contributed by atoms with Crippen LogP contribution in [0.5, 0.6) is 0 Å². The number of carbonyl (C=O) groups excluding carboxylic acids is 2. The standard InChI is InChI=1S/C12H15F3O4/c1-7(2)11(6-5-8(11)12(13,14)15)19-10(18)4-3-9(16)17/h3-4,7-8H,5-6H2,1-2H3,(H,16,17)/p-1/b4-3-. The van der Waals surface area contributed by atoms with Crippen molar-refractivity contribution in [1.82, 2.24) is 0 Å². The lowest BCUT2D eigenvalue weighted by atomic mass is 9.63. The second kappa shape index (κ2) is 5.22. The Morgan fingerprint density at radius 2 is 1.95 bits per heavy atom. The van der Waals surface area contributed by atoms with Crippen molar-refractivity contribution in [2.24, 2.45) is 11.8 Å². The number of hydrogen-bond donors (Lipinski definition) is 0. The van der Waals surface area contributed by atoms with Crippen molar-refractivity contribution in [2.45, 2.75) is 38.5 Å². The molecule has 0 bridgehead atoms. The lowest BCUT2D eigenvalue weighted by Crippen LogP contribution is -2.59. The topological polar surface area (TPSA) is 66.4 Å². The third-order valence-corrected chi connectivity index (χ3v) is 3.43. The normalized spacial score (nSPS) is 27.4. The van der Waals surface area contributed by atoms with Gasteiger partial charge in [0.15, 0.2) is 0 Å². The van der Waals surface area contributed by atoms with Gasteiger partial charge in [-0.1, -0.05) is 13.8 Å². The lowest BCUT2D eigenvalue weighted by Gasteiger charge is -2.51. The van der Waals surface area contributed by atoms with Crippen molar-refractivity contribution in [3.8, 4) is 0 Å². The largest absolute Gasteiger partial charge is 0.545 e. The van der Waals surface area contributed by atoms with Crippen molar-refractivity contribution in [1.29, 1.82) is 0 Å². The average Bonchev–Trinajstić information content (AvgIpc) is 2.18. The first-order valence-electron chi connectivity index (χ1n) is 5.78. The first-order valence-corrected chi connectivity index (χ1v) is 5.78. The Balaban J connectivity index is 2.85. The fraction of sp³-hybridized carbons (Fsp3) is 0.667. The SMILES string of the molecule is CC(C)C1(OC(=O)/C=C\C(=O)[O-])CCC1C(F)(F)F. The Kier molecular flexibility index (Phi) is 4.27. The van der Waals surface area contributed by atoms with Gasteiger partial charge in [-0.3, -0.25) is 0 Å². The molecule has 0 saturated heterocycles. The summed E-state index contributed by atoms with van der Waals surface area (Å²) in [7, 11) is 0. The molecule has 0 radical (unpaired) electrons. The number of aliphatic carboxylic acids is 1. The van der Waals surface area contributed by atoms with E-state index in [2.05, 4.69) is 0 Å². The van der Waals surface area contributed by atoms with E-state index in [0.29, 0.717) is 12.2 Å². The van der Waals surface area contributed by atoms with E-state index in [-0.39, 0.29) is 12.8 Å². The molecular formula is C12H14F3O4-. The van der Waals surface area contributed by atoms with Crippen LogP contribution in [0.1, 0.15) is 26.7 Å². The van der Waals surface area contributed by atoms with E-state index in [4.69, 9.17) is 4.74 Å². The van der Waals surface area contributed by atoms with E-state index in [1.807, 2.05) is 0 Å². The molecule has 108 valence electrons. The summed E-state index contributed by atoms with van der Waals surface area (Å²) >= 11 is 0. The van der Waals surface area contributed by atoms with Gasteiger partial charge in [-0.25, -0.2) is 4.79 Å². The number of carbonyl (C=O) groups is 2. The molecule has 7 heteroatoms. The van der Waals surface area contributed by atoms with Crippen molar-refractivity contribution < 1.29 is 32.6 Å². The Labute approximate surface area is 108 Å². The lowest BCUT2D eigenvalue weighted by molar-refractivity contribution is -0.297. The smallest absolute Gasteiger partial charge is 0.395 e. The van der Waals surface area contributed by atoms with Gasteiger partial charge < -0.3 is 14.6 Å². The molecule has 0 aliphatic heterocycles. The van der Waals surface area contributed by atoms with Crippen LogP contribution in [0.2, 0.25) is 0 Å². The molecule has 1 aliphatic rings. The number of hydrogen-bond acceptors (Lipinski definition) is 4. The maximum atomic E-state index is 12.8. The fourth-order valence-electron chi connectivity index (χ4n) is 2.30. The number of alkyl halides is 3. The molecule has 0 aromatic heterocycles. The monoisotopic (exact) mass is 279 g/mol. The summed E-state index contributed by atoms with van der Waals surface area (Å²) in [5.74, 6) is -4.95. The van der Waals surface area contributed by atoms with Crippen LogP contribution in [0.4, 0.5) is 13.2 Å². The number of carboxylic acid groups (broad SMARTS) is 1. The molecule has 0 aromatic carbocycles. The van der Waals surface area contributed by atoms with Crippen molar-refractivity contribution >= 4 is 11.9 Å². The summed E-state index contributed by atoms with van der Waals surface area (Å²) in [5.41, 5.74) is -1.61. The van der Waals surface area contributed by atoms with Gasteiger partial charge in [0.2, 0.25) is 0 Å². The number of halogens is 3. The molecule has 0 amide bonds.